The van der Waals surface area contributed by atoms with Crippen LogP contribution >= 0.6 is 39.3 Å². The van der Waals surface area contributed by atoms with Gasteiger partial charge in [-0.05, 0) is 143 Å². The number of piperazine rings is 2. The number of sulfonamides is 1. The summed E-state index contributed by atoms with van der Waals surface area (Å²) in [7, 11) is -11.1. The van der Waals surface area contributed by atoms with Crippen molar-refractivity contribution in [1.29, 1.82) is 0 Å². The molecule has 1 aliphatic carbocycles. The van der Waals surface area contributed by atoms with Gasteiger partial charge in [-0.3, -0.25) is 44.0 Å². The van der Waals surface area contributed by atoms with E-state index in [1.165, 1.54) is 40.6 Å². The van der Waals surface area contributed by atoms with Crippen molar-refractivity contribution >= 4 is 106 Å². The van der Waals surface area contributed by atoms with Crippen molar-refractivity contribution in [3.05, 3.63) is 152 Å². The van der Waals surface area contributed by atoms with Crippen molar-refractivity contribution in [2.24, 2.45) is 5.41 Å². The molecule has 4 aliphatic heterocycles. The lowest BCUT2D eigenvalue weighted by Gasteiger charge is -2.39. The molecule has 25 heteroatoms. The van der Waals surface area contributed by atoms with E-state index in [1.807, 2.05) is 47.2 Å². The van der Waals surface area contributed by atoms with E-state index < -0.39 is 82.5 Å². The van der Waals surface area contributed by atoms with Crippen LogP contribution in [0.5, 0.6) is 0 Å². The van der Waals surface area contributed by atoms with Crippen LogP contribution in [-0.4, -0.2) is 155 Å². The van der Waals surface area contributed by atoms with Crippen LogP contribution in [0.4, 0.5) is 24.5 Å². The van der Waals surface area contributed by atoms with Crippen LogP contribution in [0.25, 0.3) is 5.57 Å². The molecule has 10 rings (SSSR count). The molecule has 86 heavy (non-hydrogen) atoms. The van der Waals surface area contributed by atoms with Gasteiger partial charge in [0.05, 0.1) is 21.7 Å². The number of nitrogens with one attached hydrogen (secondary N) is 3. The highest BCUT2D eigenvalue weighted by atomic mass is 79.9. The number of hydrogen-bond donors (Lipinski definition) is 3. The van der Waals surface area contributed by atoms with Crippen molar-refractivity contribution in [3.8, 4) is 0 Å². The quantitative estimate of drug-likeness (QED) is 0.0520. The van der Waals surface area contributed by atoms with Crippen molar-refractivity contribution in [2.45, 2.75) is 91.2 Å². The van der Waals surface area contributed by atoms with Gasteiger partial charge in [-0.2, -0.15) is 13.2 Å². The number of alkyl halides is 3. The lowest BCUT2D eigenvalue weighted by atomic mass is 9.73. The van der Waals surface area contributed by atoms with E-state index in [0.29, 0.717) is 74.3 Å². The minimum Gasteiger partial charge on any atom is -0.380 e. The van der Waals surface area contributed by atoms with E-state index >= 15 is 0 Å². The topological polar surface area (TPSA) is 206 Å². The average Bonchev–Trinajstić information content (AvgIpc) is 1.83. The van der Waals surface area contributed by atoms with Gasteiger partial charge >= 0.3 is 5.51 Å². The molecular formula is C61H65BrClF3N8O9S3. The Kier molecular flexibility index (Phi) is 19.0. The molecule has 0 aromatic heterocycles. The fourth-order valence-corrected chi connectivity index (χ4v) is 15.5. The fraction of sp³-hybridized carbons (Fsp3) is 0.393. The molecule has 3 fully saturated rings. The number of piperidine rings is 1. The Balaban J connectivity index is 0.774. The molecule has 0 bridgehead atoms. The maximum atomic E-state index is 14.5. The summed E-state index contributed by atoms with van der Waals surface area (Å²) < 4.78 is 100. The molecule has 456 valence electrons. The molecule has 4 heterocycles. The number of fused-ring (bicyclic) bond motifs is 1. The normalized spacial score (nSPS) is 19.6. The van der Waals surface area contributed by atoms with Crippen LogP contribution in [0.2, 0.25) is 5.02 Å². The van der Waals surface area contributed by atoms with Gasteiger partial charge < -0.3 is 15.1 Å². The second kappa shape index (κ2) is 25.9. The summed E-state index contributed by atoms with van der Waals surface area (Å²) in [6, 6.07) is 27.5. The first kappa shape index (κ1) is 62.9. The predicted octanol–water partition coefficient (Wildman–Crippen LogP) is 9.48. The first-order valence-electron chi connectivity index (χ1n) is 28.3. The molecule has 5 aromatic carbocycles. The number of benzene rings is 5. The second-order valence-electron chi connectivity index (χ2n) is 23.1. The monoisotopic (exact) mass is 1320 g/mol. The van der Waals surface area contributed by atoms with Gasteiger partial charge in [0.2, 0.25) is 11.8 Å². The van der Waals surface area contributed by atoms with Gasteiger partial charge in [-0.25, -0.2) is 21.6 Å². The van der Waals surface area contributed by atoms with Gasteiger partial charge in [0.15, 0.2) is 0 Å². The van der Waals surface area contributed by atoms with Gasteiger partial charge in [-0.15, -0.1) is 11.8 Å². The zero-order valence-electron chi connectivity index (χ0n) is 47.3. The number of thioether (sulfide) groups is 1. The number of amides is 5. The van der Waals surface area contributed by atoms with Gasteiger partial charge in [0.1, 0.15) is 10.9 Å². The minimum atomic E-state index is -6.17. The lowest BCUT2D eigenvalue weighted by molar-refractivity contribution is -0.136. The van der Waals surface area contributed by atoms with Crippen molar-refractivity contribution in [1.82, 2.24) is 29.6 Å². The number of anilines is 2. The largest absolute Gasteiger partial charge is 0.501 e. The van der Waals surface area contributed by atoms with Crippen LogP contribution in [0.15, 0.2) is 134 Å². The molecule has 5 amide bonds. The number of carbonyl (C=O) groups excluding carboxylic acids is 5. The van der Waals surface area contributed by atoms with Crippen LogP contribution in [0, 0.1) is 5.41 Å². The average molecular weight is 1320 g/mol. The summed E-state index contributed by atoms with van der Waals surface area (Å²) in [4.78, 5) is 73.5. The number of halogens is 5. The Morgan fingerprint density at radius 3 is 2.14 bits per heavy atom. The summed E-state index contributed by atoms with van der Waals surface area (Å²) >= 11 is 11.2. The molecule has 0 spiro atoms. The van der Waals surface area contributed by atoms with Gasteiger partial charge in [0.25, 0.3) is 37.6 Å². The lowest BCUT2D eigenvalue weighted by Crippen LogP contribution is -2.54. The Hall–Kier alpha value is -6.12. The number of rotatable bonds is 19. The molecule has 17 nitrogen and oxygen atoms in total. The molecule has 3 saturated heterocycles. The second-order valence-corrected chi connectivity index (χ2v) is 29.0. The third kappa shape index (κ3) is 14.2. The molecule has 2 atom stereocenters. The van der Waals surface area contributed by atoms with E-state index in [-0.39, 0.29) is 40.7 Å². The number of sulfone groups is 1. The highest BCUT2D eigenvalue weighted by molar-refractivity contribution is 9.10. The number of hydrogen-bond acceptors (Lipinski definition) is 15. The zero-order valence-corrected chi connectivity index (χ0v) is 52.1. The van der Waals surface area contributed by atoms with Crippen molar-refractivity contribution < 1.29 is 54.0 Å². The number of allylic oxidation sites excluding steroid dienone is 1. The fourth-order valence-electron chi connectivity index (χ4n) is 11.8. The maximum Gasteiger partial charge on any atom is 0.501 e. The Labute approximate surface area is 516 Å². The van der Waals surface area contributed by atoms with Gasteiger partial charge in [0, 0.05) is 116 Å². The van der Waals surface area contributed by atoms with E-state index in [4.69, 9.17) is 11.6 Å². The molecule has 3 N–H and O–H groups in total. The van der Waals surface area contributed by atoms with Crippen LogP contribution in [-0.2, 0) is 36.0 Å². The molecule has 5 aliphatic rings. The molecule has 0 radical (unpaired) electrons. The molecule has 0 saturated carbocycles. The predicted molar refractivity (Wildman–Crippen MR) is 327 cm³/mol. The van der Waals surface area contributed by atoms with E-state index in [1.54, 1.807) is 24.3 Å². The summed E-state index contributed by atoms with van der Waals surface area (Å²) in [5.41, 5.74) is -0.272. The Morgan fingerprint density at radius 2 is 1.47 bits per heavy atom. The molecular weight excluding hydrogens is 1260 g/mol. The van der Waals surface area contributed by atoms with Crippen LogP contribution < -0.4 is 20.3 Å². The standard InChI is InChI=1S/C61H65BrClF3N8O9S3/c1-60(2)24-22-48(39-8-13-43(63)14-9-39)42(35-60)37-72-30-32-73(33-31-72)45-15-10-40(11-16-45)56(76)69-86(82,83)47-17-19-50(52(34-47)85(80,81)61(64,65)66)67-44(38-84-46-6-4-3-5-7-46)23-25-70-26-28-71(29-27-70)36-41-12-18-49-54(55(41)62)59(79)74(58(49)78)51-20-21-53(75)68-57(51)77/h3-19,34,44,51,67H,20-33,35-38H2,1-2H3,(H,69,76)(H,68,75,77)/t44-,51?/m1/s1. The summed E-state index contributed by atoms with van der Waals surface area (Å²) in [5.74, 6) is -3.20. The maximum absolute atomic E-state index is 14.5. The number of carbonyl (C=O) groups is 5. The van der Waals surface area contributed by atoms with Crippen LogP contribution in [0.1, 0.15) is 94.6 Å². The van der Waals surface area contributed by atoms with Crippen molar-refractivity contribution in [2.75, 3.05) is 81.4 Å². The molecule has 5 aromatic rings. The number of nitrogens with zero attached hydrogens (tertiary/aromatic N) is 5. The van der Waals surface area contributed by atoms with Crippen molar-refractivity contribution in [3.63, 3.8) is 0 Å². The van der Waals surface area contributed by atoms with E-state index in [2.05, 4.69) is 72.1 Å². The first-order chi connectivity index (χ1) is 40.8. The SMILES string of the molecule is CC1(C)CCC(c2ccc(Cl)cc2)=C(CN2CCN(c3ccc(C(=O)NS(=O)(=O)c4ccc(N[C@H](CCN5CCN(Cc6ccc7c(c6Br)C(=O)N(C6CCC(=O)NC6=O)C7=O)CC5)CSc5ccccc5)c(S(=O)(=O)C(F)(F)F)c4)cc3)CC2)C1. The number of imide groups is 2. The van der Waals surface area contributed by atoms with E-state index in [9.17, 15) is 54.0 Å². The third-order valence-electron chi connectivity index (χ3n) is 16.6. The molecule has 1 unspecified atom stereocenters. The van der Waals surface area contributed by atoms with Crippen LogP contribution in [0.3, 0.4) is 0 Å². The zero-order chi connectivity index (χ0) is 61.3. The highest BCUT2D eigenvalue weighted by Crippen LogP contribution is 2.44. The third-order valence-corrected chi connectivity index (χ3v) is 21.7. The Morgan fingerprint density at radius 1 is 0.802 bits per heavy atom. The Bertz CT molecular complexity index is 3700. The smallest absolute Gasteiger partial charge is 0.380 e. The first-order valence-corrected chi connectivity index (χ1v) is 33.5. The summed E-state index contributed by atoms with van der Waals surface area (Å²) in [5, 5.41) is 5.92. The summed E-state index contributed by atoms with van der Waals surface area (Å²) in [6.45, 7) is 11.6. The summed E-state index contributed by atoms with van der Waals surface area (Å²) in [6.07, 6.45) is 3.45. The highest BCUT2D eigenvalue weighted by Gasteiger charge is 2.49. The van der Waals surface area contributed by atoms with E-state index in [0.717, 1.165) is 72.1 Å². The minimum absolute atomic E-state index is 0.00434. The van der Waals surface area contributed by atoms with Gasteiger partial charge in [-0.1, -0.05) is 67.4 Å².